The minimum Gasteiger partial charge on any atom is -0.507 e. The molecule has 26 heavy (non-hydrogen) atoms. The van der Waals surface area contributed by atoms with Crippen LogP contribution in [-0.4, -0.2) is 23.1 Å². The van der Waals surface area contributed by atoms with Gasteiger partial charge in [-0.1, -0.05) is 36.4 Å². The first-order chi connectivity index (χ1) is 12.5. The topological polar surface area (TPSA) is 75.6 Å². The maximum atomic E-state index is 13.6. The number of nitrogens with one attached hydrogen (secondary N) is 1. The predicted molar refractivity (Wildman–Crippen MR) is 95.5 cm³/mol. The van der Waals surface area contributed by atoms with E-state index < -0.39 is 23.8 Å². The number of hydrogen-bond acceptors (Lipinski definition) is 4. The van der Waals surface area contributed by atoms with E-state index in [1.165, 1.54) is 37.3 Å². The molecular formula is C20H16FNO4. The molecule has 3 aromatic carbocycles. The van der Waals surface area contributed by atoms with Crippen molar-refractivity contribution in [3.63, 3.8) is 0 Å². The van der Waals surface area contributed by atoms with Crippen molar-refractivity contribution in [1.29, 1.82) is 0 Å². The largest absolute Gasteiger partial charge is 0.507 e. The summed E-state index contributed by atoms with van der Waals surface area (Å²) in [6.45, 7) is 1.37. The van der Waals surface area contributed by atoms with Gasteiger partial charge in [0.15, 0.2) is 6.10 Å². The normalized spacial score (nSPS) is 11.8. The van der Waals surface area contributed by atoms with Crippen LogP contribution in [0.5, 0.6) is 5.75 Å². The maximum Gasteiger partial charge on any atom is 0.342 e. The van der Waals surface area contributed by atoms with Crippen LogP contribution < -0.4 is 5.32 Å². The fourth-order valence-electron chi connectivity index (χ4n) is 2.47. The second kappa shape index (κ2) is 7.23. The number of amides is 1. The molecule has 0 aromatic heterocycles. The van der Waals surface area contributed by atoms with Crippen molar-refractivity contribution in [2.24, 2.45) is 0 Å². The van der Waals surface area contributed by atoms with Crippen LogP contribution in [0.3, 0.4) is 0 Å². The van der Waals surface area contributed by atoms with Crippen molar-refractivity contribution < 1.29 is 23.8 Å². The van der Waals surface area contributed by atoms with E-state index >= 15 is 0 Å². The summed E-state index contributed by atoms with van der Waals surface area (Å²) in [6, 6.07) is 15.8. The van der Waals surface area contributed by atoms with Crippen molar-refractivity contribution in [3.05, 3.63) is 72.0 Å². The maximum absolute atomic E-state index is 13.6. The molecule has 3 rings (SSSR count). The number of esters is 1. The number of phenols is 1. The van der Waals surface area contributed by atoms with Crippen LogP contribution in [-0.2, 0) is 9.53 Å². The Labute approximate surface area is 149 Å². The summed E-state index contributed by atoms with van der Waals surface area (Å²) in [6.07, 6.45) is -1.17. The molecule has 0 saturated carbocycles. The second-order valence-corrected chi connectivity index (χ2v) is 5.73. The Morgan fingerprint density at radius 3 is 2.35 bits per heavy atom. The van der Waals surface area contributed by atoms with Gasteiger partial charge in [-0.15, -0.1) is 0 Å². The Morgan fingerprint density at radius 1 is 1.04 bits per heavy atom. The molecule has 1 atom stereocenters. The number of ether oxygens (including phenoxy) is 1. The number of aromatic hydroxyl groups is 1. The van der Waals surface area contributed by atoms with Gasteiger partial charge in [0.05, 0.1) is 5.69 Å². The summed E-state index contributed by atoms with van der Waals surface area (Å²) in [5.74, 6) is -2.35. The first kappa shape index (κ1) is 17.4. The highest BCUT2D eigenvalue weighted by Gasteiger charge is 2.22. The number of fused-ring (bicyclic) bond motifs is 1. The number of para-hydroxylation sites is 1. The third-order valence-corrected chi connectivity index (χ3v) is 3.87. The summed E-state index contributed by atoms with van der Waals surface area (Å²) in [5.41, 5.74) is -0.0526. The summed E-state index contributed by atoms with van der Waals surface area (Å²) >= 11 is 0. The fraction of sp³-hybridized carbons (Fsp3) is 0.100. The SMILES string of the molecule is C[C@H](OC(=O)c1cc2ccccc2cc1O)C(=O)Nc1ccccc1F. The van der Waals surface area contributed by atoms with Crippen LogP contribution in [0.4, 0.5) is 10.1 Å². The zero-order chi connectivity index (χ0) is 18.7. The van der Waals surface area contributed by atoms with E-state index in [4.69, 9.17) is 4.74 Å². The minimum absolute atomic E-state index is 0.00560. The molecule has 132 valence electrons. The Morgan fingerprint density at radius 2 is 1.65 bits per heavy atom. The van der Waals surface area contributed by atoms with Gasteiger partial charge in [0.1, 0.15) is 17.1 Å². The Kier molecular flexibility index (Phi) is 4.84. The van der Waals surface area contributed by atoms with Crippen LogP contribution in [0.25, 0.3) is 10.8 Å². The van der Waals surface area contributed by atoms with Crippen molar-refractivity contribution in [2.45, 2.75) is 13.0 Å². The van der Waals surface area contributed by atoms with Gasteiger partial charge in [-0.3, -0.25) is 4.79 Å². The average Bonchev–Trinajstić information content (AvgIpc) is 2.62. The van der Waals surface area contributed by atoms with E-state index in [1.807, 2.05) is 6.07 Å². The van der Waals surface area contributed by atoms with Gasteiger partial charge in [0.2, 0.25) is 0 Å². The van der Waals surface area contributed by atoms with Crippen LogP contribution in [0.2, 0.25) is 0 Å². The van der Waals surface area contributed by atoms with Crippen molar-refractivity contribution in [3.8, 4) is 5.75 Å². The lowest BCUT2D eigenvalue weighted by molar-refractivity contribution is -0.123. The standard InChI is InChI=1S/C20H16FNO4/c1-12(19(24)22-17-9-5-4-8-16(17)21)26-20(25)15-10-13-6-2-3-7-14(13)11-18(15)23/h2-12,23H,1H3,(H,22,24)/t12-/m0/s1. The van der Waals surface area contributed by atoms with Crippen LogP contribution in [0, 0.1) is 5.82 Å². The van der Waals surface area contributed by atoms with Gasteiger partial charge in [-0.05, 0) is 42.0 Å². The first-order valence-corrected chi connectivity index (χ1v) is 7.94. The summed E-state index contributed by atoms with van der Waals surface area (Å²) in [4.78, 5) is 24.4. The Balaban J connectivity index is 1.74. The van der Waals surface area contributed by atoms with Gasteiger partial charge in [-0.25, -0.2) is 9.18 Å². The third-order valence-electron chi connectivity index (χ3n) is 3.87. The predicted octanol–water partition coefficient (Wildman–Crippen LogP) is 3.87. The number of phenolic OH excluding ortho intramolecular Hbond substituents is 1. The van der Waals surface area contributed by atoms with E-state index in [2.05, 4.69) is 5.32 Å². The van der Waals surface area contributed by atoms with Gasteiger partial charge < -0.3 is 15.2 Å². The number of anilines is 1. The number of benzene rings is 3. The highest BCUT2D eigenvalue weighted by molar-refractivity contribution is 6.01. The van der Waals surface area contributed by atoms with Gasteiger partial charge in [0.25, 0.3) is 5.91 Å². The molecule has 0 spiro atoms. The molecular weight excluding hydrogens is 337 g/mol. The zero-order valence-electron chi connectivity index (χ0n) is 13.9. The number of carbonyl (C=O) groups is 2. The third kappa shape index (κ3) is 3.64. The monoisotopic (exact) mass is 353 g/mol. The fourth-order valence-corrected chi connectivity index (χ4v) is 2.47. The lowest BCUT2D eigenvalue weighted by atomic mass is 10.1. The molecule has 0 aliphatic carbocycles. The van der Waals surface area contributed by atoms with Gasteiger partial charge in [0, 0.05) is 0 Å². The lowest BCUT2D eigenvalue weighted by Crippen LogP contribution is -2.30. The highest BCUT2D eigenvalue weighted by Crippen LogP contribution is 2.26. The number of carbonyl (C=O) groups excluding carboxylic acids is 2. The van der Waals surface area contributed by atoms with Crippen LogP contribution >= 0.6 is 0 Å². The molecule has 0 fully saturated rings. The molecule has 0 radical (unpaired) electrons. The van der Waals surface area contributed by atoms with Gasteiger partial charge >= 0.3 is 5.97 Å². The Hall–Kier alpha value is -3.41. The Bertz CT molecular complexity index is 986. The average molecular weight is 353 g/mol. The van der Waals surface area contributed by atoms with E-state index in [-0.39, 0.29) is 17.0 Å². The zero-order valence-corrected chi connectivity index (χ0v) is 13.9. The quantitative estimate of drug-likeness (QED) is 0.698. The second-order valence-electron chi connectivity index (χ2n) is 5.73. The molecule has 0 bridgehead atoms. The van der Waals surface area contributed by atoms with Crippen molar-refractivity contribution in [2.75, 3.05) is 5.32 Å². The summed E-state index contributed by atoms with van der Waals surface area (Å²) < 4.78 is 18.7. The lowest BCUT2D eigenvalue weighted by Gasteiger charge is -2.14. The smallest absolute Gasteiger partial charge is 0.342 e. The molecule has 0 unspecified atom stereocenters. The molecule has 6 heteroatoms. The van der Waals surface area contributed by atoms with E-state index in [9.17, 15) is 19.1 Å². The molecule has 3 aromatic rings. The van der Waals surface area contributed by atoms with E-state index in [0.29, 0.717) is 0 Å². The first-order valence-electron chi connectivity index (χ1n) is 7.94. The molecule has 0 aliphatic heterocycles. The molecule has 1 amide bonds. The van der Waals surface area contributed by atoms with E-state index in [1.54, 1.807) is 24.3 Å². The minimum atomic E-state index is -1.17. The van der Waals surface area contributed by atoms with Gasteiger partial charge in [-0.2, -0.15) is 0 Å². The molecule has 2 N–H and O–H groups in total. The number of hydrogen-bond donors (Lipinski definition) is 2. The summed E-state index contributed by atoms with van der Waals surface area (Å²) in [5, 5.41) is 13.9. The van der Waals surface area contributed by atoms with E-state index in [0.717, 1.165) is 10.8 Å². The highest BCUT2D eigenvalue weighted by atomic mass is 19.1. The molecule has 0 saturated heterocycles. The molecule has 0 aliphatic rings. The molecule has 5 nitrogen and oxygen atoms in total. The summed E-state index contributed by atoms with van der Waals surface area (Å²) in [7, 11) is 0. The van der Waals surface area contributed by atoms with Crippen molar-refractivity contribution >= 4 is 28.3 Å². The van der Waals surface area contributed by atoms with Crippen LogP contribution in [0.15, 0.2) is 60.7 Å². The number of rotatable bonds is 4. The van der Waals surface area contributed by atoms with Crippen molar-refractivity contribution in [1.82, 2.24) is 0 Å². The molecule has 0 heterocycles. The van der Waals surface area contributed by atoms with Crippen LogP contribution in [0.1, 0.15) is 17.3 Å². The number of halogens is 1.